The molecule has 3 aromatic rings. The van der Waals surface area contributed by atoms with Gasteiger partial charge in [0, 0.05) is 51.2 Å². The van der Waals surface area contributed by atoms with Crippen LogP contribution in [0.2, 0.25) is 0 Å². The fourth-order valence-corrected chi connectivity index (χ4v) is 4.95. The molecule has 1 aliphatic rings. The number of likely N-dealkylation sites (tertiary alicyclic amines) is 1. The van der Waals surface area contributed by atoms with Gasteiger partial charge < -0.3 is 14.2 Å². The maximum Gasteiger partial charge on any atom is 0.222 e. The van der Waals surface area contributed by atoms with E-state index in [4.69, 9.17) is 4.74 Å². The third-order valence-electron chi connectivity index (χ3n) is 7.05. The summed E-state index contributed by atoms with van der Waals surface area (Å²) in [6.07, 6.45) is 7.30. The number of rotatable bonds is 8. The first-order chi connectivity index (χ1) is 15.9. The lowest BCUT2D eigenvalue weighted by Crippen LogP contribution is -2.33. The van der Waals surface area contributed by atoms with Crippen molar-refractivity contribution in [2.75, 3.05) is 34.3 Å². The number of hydrogen-bond acceptors (Lipinski definition) is 3. The molecule has 2 heterocycles. The molecule has 1 amide bonds. The number of methoxy groups -OCH3 is 1. The van der Waals surface area contributed by atoms with Crippen molar-refractivity contribution < 1.29 is 9.53 Å². The lowest BCUT2D eigenvalue weighted by atomic mass is 9.89. The second-order valence-electron chi connectivity index (χ2n) is 9.68. The average Bonchev–Trinajstić information content (AvgIpc) is 3.13. The van der Waals surface area contributed by atoms with E-state index in [1.807, 2.05) is 20.2 Å². The fourth-order valence-electron chi connectivity index (χ4n) is 4.95. The quantitative estimate of drug-likeness (QED) is 0.504. The SMILES string of the molecule is COc1ccc2c(c1)c(CN1CCC(Cc3ccc(CCC(=O)N(C)C)cc3)CC1)cn2C. The highest BCUT2D eigenvalue weighted by Gasteiger charge is 2.21. The molecule has 1 saturated heterocycles. The zero-order valence-corrected chi connectivity index (χ0v) is 20.5. The van der Waals surface area contributed by atoms with Crippen molar-refractivity contribution in [3.8, 4) is 5.75 Å². The number of aromatic nitrogens is 1. The first kappa shape index (κ1) is 23.4. The Hall–Kier alpha value is -2.79. The molecule has 0 unspecified atom stereocenters. The maximum absolute atomic E-state index is 11.8. The maximum atomic E-state index is 11.8. The summed E-state index contributed by atoms with van der Waals surface area (Å²) in [6, 6.07) is 15.3. The number of carbonyl (C=O) groups is 1. The van der Waals surface area contributed by atoms with Gasteiger partial charge >= 0.3 is 0 Å². The van der Waals surface area contributed by atoms with Crippen LogP contribution in [-0.2, 0) is 31.2 Å². The van der Waals surface area contributed by atoms with Crippen molar-refractivity contribution in [1.82, 2.24) is 14.4 Å². The monoisotopic (exact) mass is 447 g/mol. The predicted molar refractivity (Wildman–Crippen MR) is 135 cm³/mol. The molecule has 0 atom stereocenters. The van der Waals surface area contributed by atoms with E-state index in [9.17, 15) is 4.79 Å². The molecule has 0 spiro atoms. The van der Waals surface area contributed by atoms with Crippen molar-refractivity contribution in [3.05, 3.63) is 65.4 Å². The second-order valence-corrected chi connectivity index (χ2v) is 9.68. The van der Waals surface area contributed by atoms with Crippen LogP contribution >= 0.6 is 0 Å². The number of piperidine rings is 1. The van der Waals surface area contributed by atoms with E-state index < -0.39 is 0 Å². The van der Waals surface area contributed by atoms with Gasteiger partial charge in [-0.15, -0.1) is 0 Å². The molecule has 176 valence electrons. The van der Waals surface area contributed by atoms with Crippen molar-refractivity contribution in [2.24, 2.45) is 13.0 Å². The molecule has 5 heteroatoms. The molecular formula is C28H37N3O2. The largest absolute Gasteiger partial charge is 0.497 e. The predicted octanol–water partition coefficient (Wildman–Crippen LogP) is 4.66. The number of carbonyl (C=O) groups excluding carboxylic acids is 1. The third kappa shape index (κ3) is 5.77. The molecular weight excluding hydrogens is 410 g/mol. The summed E-state index contributed by atoms with van der Waals surface area (Å²) in [4.78, 5) is 16.1. The van der Waals surface area contributed by atoms with Crippen molar-refractivity contribution >= 4 is 16.8 Å². The Morgan fingerprint density at radius 3 is 2.42 bits per heavy atom. The molecule has 0 saturated carbocycles. The van der Waals surface area contributed by atoms with E-state index in [0.717, 1.165) is 44.1 Å². The topological polar surface area (TPSA) is 37.7 Å². The number of aryl methyl sites for hydroxylation is 2. The van der Waals surface area contributed by atoms with Crippen LogP contribution in [0.1, 0.15) is 36.0 Å². The molecule has 0 aliphatic carbocycles. The van der Waals surface area contributed by atoms with Gasteiger partial charge in [-0.1, -0.05) is 24.3 Å². The van der Waals surface area contributed by atoms with Crippen LogP contribution in [0.5, 0.6) is 5.75 Å². The first-order valence-corrected chi connectivity index (χ1v) is 12.0. The molecule has 1 fully saturated rings. The zero-order chi connectivity index (χ0) is 23.4. The van der Waals surface area contributed by atoms with Gasteiger partial charge in [-0.25, -0.2) is 0 Å². The summed E-state index contributed by atoms with van der Waals surface area (Å²) in [6.45, 7) is 3.29. The Labute approximate surface area is 197 Å². The van der Waals surface area contributed by atoms with Gasteiger partial charge in [-0.2, -0.15) is 0 Å². The van der Waals surface area contributed by atoms with Crippen LogP contribution in [-0.4, -0.2) is 54.6 Å². The van der Waals surface area contributed by atoms with Crippen molar-refractivity contribution in [2.45, 2.75) is 38.6 Å². The molecule has 1 aromatic heterocycles. The fraction of sp³-hybridized carbons (Fsp3) is 0.464. The number of ether oxygens (including phenoxy) is 1. The van der Waals surface area contributed by atoms with E-state index in [2.05, 4.69) is 59.1 Å². The highest BCUT2D eigenvalue weighted by atomic mass is 16.5. The summed E-state index contributed by atoms with van der Waals surface area (Å²) in [5, 5.41) is 1.30. The van der Waals surface area contributed by atoms with E-state index in [1.54, 1.807) is 12.0 Å². The molecule has 2 aromatic carbocycles. The Kier molecular flexibility index (Phi) is 7.39. The number of fused-ring (bicyclic) bond motifs is 1. The minimum Gasteiger partial charge on any atom is -0.497 e. The minimum atomic E-state index is 0.188. The molecule has 0 radical (unpaired) electrons. The highest BCUT2D eigenvalue weighted by Crippen LogP contribution is 2.28. The van der Waals surface area contributed by atoms with E-state index in [1.165, 1.54) is 40.4 Å². The van der Waals surface area contributed by atoms with E-state index in [0.29, 0.717) is 6.42 Å². The molecule has 1 aliphatic heterocycles. The molecule has 0 N–H and O–H groups in total. The van der Waals surface area contributed by atoms with E-state index >= 15 is 0 Å². The summed E-state index contributed by atoms with van der Waals surface area (Å²) in [5.41, 5.74) is 5.30. The minimum absolute atomic E-state index is 0.188. The standard InChI is InChI=1S/C28H37N3O2/c1-29(2)28(32)12-9-21-5-7-22(8-6-21)17-23-13-15-31(16-14-23)20-24-19-30(3)27-11-10-25(33-4)18-26(24)27/h5-8,10-11,18-19,23H,9,12-17,20H2,1-4H3. The Morgan fingerprint density at radius 2 is 1.76 bits per heavy atom. The molecule has 5 nitrogen and oxygen atoms in total. The van der Waals surface area contributed by atoms with Gasteiger partial charge in [-0.3, -0.25) is 9.69 Å². The van der Waals surface area contributed by atoms with Gasteiger partial charge in [0.2, 0.25) is 5.91 Å². The highest BCUT2D eigenvalue weighted by molar-refractivity contribution is 5.85. The Bertz CT molecular complexity index is 1080. The van der Waals surface area contributed by atoms with Crippen LogP contribution in [0, 0.1) is 5.92 Å². The van der Waals surface area contributed by atoms with Crippen LogP contribution in [0.3, 0.4) is 0 Å². The summed E-state index contributed by atoms with van der Waals surface area (Å²) >= 11 is 0. The van der Waals surface area contributed by atoms with Gasteiger partial charge in [0.25, 0.3) is 0 Å². The van der Waals surface area contributed by atoms with Crippen molar-refractivity contribution in [3.63, 3.8) is 0 Å². The first-order valence-electron chi connectivity index (χ1n) is 12.0. The smallest absolute Gasteiger partial charge is 0.222 e. The van der Waals surface area contributed by atoms with Gasteiger partial charge in [0.05, 0.1) is 7.11 Å². The lowest BCUT2D eigenvalue weighted by molar-refractivity contribution is -0.128. The number of nitrogens with zero attached hydrogens (tertiary/aromatic N) is 3. The zero-order valence-electron chi connectivity index (χ0n) is 20.5. The van der Waals surface area contributed by atoms with Gasteiger partial charge in [0.15, 0.2) is 0 Å². The van der Waals surface area contributed by atoms with Crippen LogP contribution in [0.15, 0.2) is 48.7 Å². The molecule has 33 heavy (non-hydrogen) atoms. The normalized spacial score (nSPS) is 15.2. The second kappa shape index (κ2) is 10.4. The summed E-state index contributed by atoms with van der Waals surface area (Å²) in [7, 11) is 7.48. The van der Waals surface area contributed by atoms with Crippen LogP contribution in [0.25, 0.3) is 10.9 Å². The Balaban J connectivity index is 1.28. The summed E-state index contributed by atoms with van der Waals surface area (Å²) in [5.74, 6) is 1.85. The molecule has 4 rings (SSSR count). The number of hydrogen-bond donors (Lipinski definition) is 0. The Morgan fingerprint density at radius 1 is 1.06 bits per heavy atom. The number of benzene rings is 2. The summed E-state index contributed by atoms with van der Waals surface area (Å²) < 4.78 is 7.67. The van der Waals surface area contributed by atoms with Crippen molar-refractivity contribution in [1.29, 1.82) is 0 Å². The van der Waals surface area contributed by atoms with Crippen LogP contribution < -0.4 is 4.74 Å². The lowest BCUT2D eigenvalue weighted by Gasteiger charge is -2.32. The van der Waals surface area contributed by atoms with E-state index in [-0.39, 0.29) is 5.91 Å². The van der Waals surface area contributed by atoms with Gasteiger partial charge in [-0.05, 0) is 79.6 Å². The van der Waals surface area contributed by atoms with Crippen LogP contribution in [0.4, 0.5) is 0 Å². The molecule has 0 bridgehead atoms. The number of amides is 1. The van der Waals surface area contributed by atoms with Gasteiger partial charge in [0.1, 0.15) is 5.75 Å². The third-order valence-corrected chi connectivity index (χ3v) is 7.05. The average molecular weight is 448 g/mol.